The molecule has 0 fully saturated rings. The average Bonchev–Trinajstić information content (AvgIpc) is 3.73. The zero-order chi connectivity index (χ0) is 43.0. The van der Waals surface area contributed by atoms with E-state index in [2.05, 4.69) is 156 Å². The van der Waals surface area contributed by atoms with Gasteiger partial charge < -0.3 is 4.57 Å². The molecular weight excluding hydrogens is 791 g/mol. The Morgan fingerprint density at radius 3 is 1.28 bits per heavy atom. The van der Waals surface area contributed by atoms with E-state index in [0.717, 1.165) is 71.5 Å². The summed E-state index contributed by atoms with van der Waals surface area (Å²) in [5, 5.41) is 21.5. The quantitative estimate of drug-likeness (QED) is 0.124. The molecule has 13 rings (SSSR count). The van der Waals surface area contributed by atoms with Gasteiger partial charge in [0.15, 0.2) is 17.5 Å². The second-order valence-electron chi connectivity index (χ2n) is 16.5. The Morgan fingerprint density at radius 2 is 0.723 bits per heavy atom. The first-order chi connectivity index (χ1) is 32.2. The molecule has 0 bridgehead atoms. The number of hydrogen-bond donors (Lipinski definition) is 0. The minimum atomic E-state index is 0.626. The highest BCUT2D eigenvalue weighted by Gasteiger charge is 2.24. The van der Waals surface area contributed by atoms with Crippen molar-refractivity contribution in [2.75, 3.05) is 0 Å². The van der Waals surface area contributed by atoms with Gasteiger partial charge >= 0.3 is 0 Å². The lowest BCUT2D eigenvalue weighted by atomic mass is 9.83. The van der Waals surface area contributed by atoms with Gasteiger partial charge in [-0.05, 0) is 96.4 Å². The lowest BCUT2D eigenvalue weighted by Gasteiger charge is -2.20. The van der Waals surface area contributed by atoms with Gasteiger partial charge in [0, 0.05) is 38.5 Å². The molecule has 0 saturated carbocycles. The van der Waals surface area contributed by atoms with Crippen molar-refractivity contribution in [2.24, 2.45) is 0 Å². The molecule has 0 atom stereocenters. The lowest BCUT2D eigenvalue weighted by molar-refractivity contribution is 1.08. The number of nitriles is 1. The van der Waals surface area contributed by atoms with Gasteiger partial charge in [-0.1, -0.05) is 176 Å². The van der Waals surface area contributed by atoms with Crippen molar-refractivity contribution in [3.8, 4) is 68.2 Å². The van der Waals surface area contributed by atoms with E-state index < -0.39 is 0 Å². The van der Waals surface area contributed by atoms with Crippen LogP contribution in [0.1, 0.15) is 5.56 Å². The van der Waals surface area contributed by atoms with Crippen LogP contribution in [-0.4, -0.2) is 19.5 Å². The van der Waals surface area contributed by atoms with Gasteiger partial charge in [-0.2, -0.15) is 5.26 Å². The summed E-state index contributed by atoms with van der Waals surface area (Å²) in [5.41, 5.74) is 11.5. The SMILES string of the molecule is N#Cc1ccc2c3c1ccc1c(-c4c5ccccc5c(-c5ccc(-c6nc(-c7ccccc7)nc(-c7ccccc7)n6)c6ccccc56)c5ccccc45)ccc(c13)n2-c1ccccc1. The Hall–Kier alpha value is -8.98. The predicted molar refractivity (Wildman–Crippen MR) is 267 cm³/mol. The molecule has 13 aromatic rings. The molecule has 65 heavy (non-hydrogen) atoms. The maximum absolute atomic E-state index is 10.3. The first-order valence-electron chi connectivity index (χ1n) is 21.8. The van der Waals surface area contributed by atoms with E-state index >= 15 is 0 Å². The van der Waals surface area contributed by atoms with Gasteiger partial charge in [0.05, 0.1) is 22.7 Å². The first kappa shape index (κ1) is 36.7. The molecule has 0 unspecified atom stereocenters. The molecule has 2 aromatic heterocycles. The Balaban J connectivity index is 1.06. The molecule has 0 spiro atoms. The van der Waals surface area contributed by atoms with Gasteiger partial charge in [0.1, 0.15) is 0 Å². The van der Waals surface area contributed by atoms with Crippen LogP contribution in [0.5, 0.6) is 0 Å². The predicted octanol–water partition coefficient (Wildman–Crippen LogP) is 15.2. The zero-order valence-corrected chi connectivity index (χ0v) is 34.9. The fourth-order valence-electron chi connectivity index (χ4n) is 10.3. The molecule has 5 heteroatoms. The third-order valence-corrected chi connectivity index (χ3v) is 13.1. The number of rotatable bonds is 6. The highest BCUT2D eigenvalue weighted by Crippen LogP contribution is 2.50. The molecule has 0 radical (unpaired) electrons. The van der Waals surface area contributed by atoms with Gasteiger partial charge in [0.2, 0.25) is 0 Å². The number of hydrogen-bond acceptors (Lipinski definition) is 4. The molecule has 2 heterocycles. The number of nitrogens with zero attached hydrogens (tertiary/aromatic N) is 5. The molecule has 0 aliphatic carbocycles. The summed E-state index contributed by atoms with van der Waals surface area (Å²) in [6.45, 7) is 0. The smallest absolute Gasteiger partial charge is 0.164 e. The van der Waals surface area contributed by atoms with E-state index in [0.29, 0.717) is 23.0 Å². The molecule has 0 amide bonds. The Bertz CT molecular complexity index is 3940. The van der Waals surface area contributed by atoms with Crippen LogP contribution in [0.2, 0.25) is 0 Å². The maximum Gasteiger partial charge on any atom is 0.164 e. The molecule has 5 nitrogen and oxygen atoms in total. The third kappa shape index (κ3) is 5.61. The summed E-state index contributed by atoms with van der Waals surface area (Å²) >= 11 is 0. The van der Waals surface area contributed by atoms with E-state index in [1.807, 2.05) is 66.7 Å². The van der Waals surface area contributed by atoms with E-state index in [-0.39, 0.29) is 0 Å². The minimum Gasteiger partial charge on any atom is -0.309 e. The van der Waals surface area contributed by atoms with E-state index in [4.69, 9.17) is 15.0 Å². The topological polar surface area (TPSA) is 67.4 Å². The van der Waals surface area contributed by atoms with E-state index in [1.165, 1.54) is 38.1 Å². The molecule has 11 aromatic carbocycles. The van der Waals surface area contributed by atoms with Crippen LogP contribution in [0, 0.1) is 11.3 Å². The summed E-state index contributed by atoms with van der Waals surface area (Å²) in [5.74, 6) is 1.89. The van der Waals surface area contributed by atoms with Crippen molar-refractivity contribution in [1.29, 1.82) is 5.26 Å². The third-order valence-electron chi connectivity index (χ3n) is 13.1. The Labute approximate surface area is 374 Å². The zero-order valence-electron chi connectivity index (χ0n) is 34.9. The highest BCUT2D eigenvalue weighted by molar-refractivity contribution is 6.31. The van der Waals surface area contributed by atoms with E-state index in [9.17, 15) is 5.26 Å². The van der Waals surface area contributed by atoms with Gasteiger partial charge in [-0.3, -0.25) is 0 Å². The standard InChI is InChI=1S/C60H35N5/c61-36-39-28-34-52-56-41(39)29-30-50-49(33-35-53(57(50)56)65(52)40-20-8-3-9-21-40)55-46-26-14-12-24-44(46)54(45-25-13-15-27-47(45)55)48-31-32-51(43-23-11-10-22-42(43)48)60-63-58(37-16-4-1-5-17-37)62-59(64-60)38-18-6-2-7-19-38/h1-35H. The van der Waals surface area contributed by atoms with Crippen molar-refractivity contribution in [2.45, 2.75) is 0 Å². The summed E-state index contributed by atoms with van der Waals surface area (Å²) < 4.78 is 2.34. The second-order valence-corrected chi connectivity index (χ2v) is 16.5. The molecule has 300 valence electrons. The van der Waals surface area contributed by atoms with Crippen molar-refractivity contribution in [3.63, 3.8) is 0 Å². The van der Waals surface area contributed by atoms with Crippen LogP contribution in [0.25, 0.3) is 127 Å². The van der Waals surface area contributed by atoms with Gasteiger partial charge in [-0.15, -0.1) is 0 Å². The van der Waals surface area contributed by atoms with Crippen LogP contribution < -0.4 is 0 Å². The summed E-state index contributed by atoms with van der Waals surface area (Å²) in [7, 11) is 0. The number of benzene rings is 11. The average molecular weight is 826 g/mol. The molecule has 0 aliphatic heterocycles. The normalized spacial score (nSPS) is 11.7. The Kier molecular flexibility index (Phi) is 8.21. The van der Waals surface area contributed by atoms with Crippen LogP contribution in [0.15, 0.2) is 212 Å². The number of para-hydroxylation sites is 1. The number of fused-ring (bicyclic) bond motifs is 3. The fourth-order valence-corrected chi connectivity index (χ4v) is 10.3. The molecular formula is C60H35N5. The van der Waals surface area contributed by atoms with Crippen LogP contribution in [0.3, 0.4) is 0 Å². The molecule has 0 N–H and O–H groups in total. The monoisotopic (exact) mass is 825 g/mol. The highest BCUT2D eigenvalue weighted by atomic mass is 15.0. The summed E-state index contributed by atoms with van der Waals surface area (Å²) in [6, 6.07) is 77.0. The maximum atomic E-state index is 10.3. The lowest BCUT2D eigenvalue weighted by Crippen LogP contribution is -2.00. The first-order valence-corrected chi connectivity index (χ1v) is 21.8. The second kappa shape index (κ2) is 14.6. The largest absolute Gasteiger partial charge is 0.309 e. The van der Waals surface area contributed by atoms with Gasteiger partial charge in [-0.25, -0.2) is 15.0 Å². The Morgan fingerprint density at radius 1 is 0.323 bits per heavy atom. The van der Waals surface area contributed by atoms with Crippen LogP contribution in [0.4, 0.5) is 0 Å². The van der Waals surface area contributed by atoms with Crippen LogP contribution >= 0.6 is 0 Å². The minimum absolute atomic E-state index is 0.626. The van der Waals surface area contributed by atoms with Crippen LogP contribution in [-0.2, 0) is 0 Å². The van der Waals surface area contributed by atoms with Gasteiger partial charge in [0.25, 0.3) is 0 Å². The summed E-state index contributed by atoms with van der Waals surface area (Å²) in [6.07, 6.45) is 0. The van der Waals surface area contributed by atoms with Crippen molar-refractivity contribution < 1.29 is 0 Å². The molecule has 0 aliphatic rings. The number of aromatic nitrogens is 4. The van der Waals surface area contributed by atoms with Crippen molar-refractivity contribution >= 4 is 64.9 Å². The van der Waals surface area contributed by atoms with E-state index in [1.54, 1.807) is 0 Å². The summed E-state index contributed by atoms with van der Waals surface area (Å²) in [4.78, 5) is 15.3. The molecule has 0 saturated heterocycles. The van der Waals surface area contributed by atoms with Crippen molar-refractivity contribution in [3.05, 3.63) is 218 Å². The van der Waals surface area contributed by atoms with Crippen molar-refractivity contribution in [1.82, 2.24) is 19.5 Å². The fraction of sp³-hybridized carbons (Fsp3) is 0.